The third-order valence-electron chi connectivity index (χ3n) is 5.58. The second kappa shape index (κ2) is 9.06. The number of benzene rings is 1. The van der Waals surface area contributed by atoms with Gasteiger partial charge in [-0.2, -0.15) is 4.31 Å². The minimum Gasteiger partial charge on any atom is -0.335 e. The van der Waals surface area contributed by atoms with Crippen LogP contribution in [-0.2, 0) is 10.0 Å². The number of urea groups is 1. The topological polar surface area (TPSA) is 69.7 Å². The molecule has 0 spiro atoms. The third-order valence-corrected chi connectivity index (χ3v) is 7.50. The fourth-order valence-electron chi connectivity index (χ4n) is 3.82. The number of rotatable bonds is 3. The molecule has 0 aromatic heterocycles. The summed E-state index contributed by atoms with van der Waals surface area (Å²) in [6.07, 6.45) is 7.11. The van der Waals surface area contributed by atoms with E-state index in [0.717, 1.165) is 31.5 Å². The van der Waals surface area contributed by atoms with Crippen molar-refractivity contribution in [3.63, 3.8) is 0 Å². The van der Waals surface area contributed by atoms with E-state index in [1.807, 2.05) is 24.0 Å². The van der Waals surface area contributed by atoms with Crippen molar-refractivity contribution in [2.24, 2.45) is 0 Å². The Bertz CT molecular complexity index is 717. The molecular formula is C20H31N3O3S. The lowest BCUT2D eigenvalue weighted by molar-refractivity contribution is 0.182. The molecule has 2 aliphatic heterocycles. The van der Waals surface area contributed by atoms with Crippen LogP contribution in [0.5, 0.6) is 0 Å². The van der Waals surface area contributed by atoms with Crippen molar-refractivity contribution in [2.75, 3.05) is 26.2 Å². The lowest BCUT2D eigenvalue weighted by Crippen LogP contribution is -2.50. The predicted octanol–water partition coefficient (Wildman–Crippen LogP) is 3.12. The van der Waals surface area contributed by atoms with Crippen LogP contribution in [0.3, 0.4) is 0 Å². The third kappa shape index (κ3) is 5.23. The zero-order valence-electron chi connectivity index (χ0n) is 16.2. The molecule has 0 unspecified atom stereocenters. The van der Waals surface area contributed by atoms with Crippen molar-refractivity contribution in [3.05, 3.63) is 29.8 Å². The number of hydrogen-bond acceptors (Lipinski definition) is 3. The summed E-state index contributed by atoms with van der Waals surface area (Å²) in [4.78, 5) is 14.8. The average Bonchev–Trinajstić information content (AvgIpc) is 2.62. The van der Waals surface area contributed by atoms with Gasteiger partial charge in [0.05, 0.1) is 4.90 Å². The number of amides is 2. The Morgan fingerprint density at radius 1 is 0.926 bits per heavy atom. The van der Waals surface area contributed by atoms with Gasteiger partial charge in [0, 0.05) is 32.2 Å². The number of carbonyl (C=O) groups is 1. The SMILES string of the molecule is Cc1ccc(S(=O)(=O)N2CCC(NC(=O)N3CCCCCCC3)CC2)cc1. The van der Waals surface area contributed by atoms with Crippen LogP contribution in [0.25, 0.3) is 0 Å². The van der Waals surface area contributed by atoms with E-state index in [2.05, 4.69) is 5.32 Å². The molecule has 2 aliphatic rings. The molecule has 150 valence electrons. The van der Waals surface area contributed by atoms with Crippen LogP contribution in [-0.4, -0.2) is 55.9 Å². The van der Waals surface area contributed by atoms with Gasteiger partial charge in [0.15, 0.2) is 0 Å². The Morgan fingerprint density at radius 3 is 2.07 bits per heavy atom. The highest BCUT2D eigenvalue weighted by atomic mass is 32.2. The number of sulfonamides is 1. The normalized spacial score (nSPS) is 20.7. The molecule has 0 aliphatic carbocycles. The lowest BCUT2D eigenvalue weighted by Gasteiger charge is -2.33. The van der Waals surface area contributed by atoms with Crippen molar-refractivity contribution in [1.82, 2.24) is 14.5 Å². The van der Waals surface area contributed by atoms with Crippen molar-refractivity contribution in [2.45, 2.75) is 62.8 Å². The monoisotopic (exact) mass is 393 g/mol. The van der Waals surface area contributed by atoms with E-state index >= 15 is 0 Å². The molecule has 2 amide bonds. The summed E-state index contributed by atoms with van der Waals surface area (Å²) in [6, 6.07) is 7.04. The molecule has 27 heavy (non-hydrogen) atoms. The second-order valence-electron chi connectivity index (χ2n) is 7.70. The molecular weight excluding hydrogens is 362 g/mol. The molecule has 2 saturated heterocycles. The highest BCUT2D eigenvalue weighted by molar-refractivity contribution is 7.89. The van der Waals surface area contributed by atoms with Gasteiger partial charge in [0.25, 0.3) is 0 Å². The summed E-state index contributed by atoms with van der Waals surface area (Å²) in [5.74, 6) is 0. The largest absolute Gasteiger partial charge is 0.335 e. The summed E-state index contributed by atoms with van der Waals surface area (Å²) in [5, 5.41) is 3.12. The maximum atomic E-state index is 12.8. The highest BCUT2D eigenvalue weighted by Gasteiger charge is 2.30. The molecule has 0 atom stereocenters. The van der Waals surface area contributed by atoms with Crippen molar-refractivity contribution in [1.29, 1.82) is 0 Å². The van der Waals surface area contributed by atoms with Gasteiger partial charge in [-0.25, -0.2) is 13.2 Å². The van der Waals surface area contributed by atoms with E-state index in [-0.39, 0.29) is 12.1 Å². The number of piperidine rings is 1. The second-order valence-corrected chi connectivity index (χ2v) is 9.63. The van der Waals surface area contributed by atoms with Crippen molar-refractivity contribution < 1.29 is 13.2 Å². The van der Waals surface area contributed by atoms with Crippen molar-refractivity contribution in [3.8, 4) is 0 Å². The van der Waals surface area contributed by atoms with E-state index in [1.165, 1.54) is 23.6 Å². The predicted molar refractivity (Wildman–Crippen MR) is 106 cm³/mol. The van der Waals surface area contributed by atoms with Gasteiger partial charge in [-0.1, -0.05) is 37.0 Å². The fourth-order valence-corrected chi connectivity index (χ4v) is 5.29. The van der Waals surface area contributed by atoms with Crippen LogP contribution in [0.4, 0.5) is 4.79 Å². The van der Waals surface area contributed by atoms with Crippen LogP contribution >= 0.6 is 0 Å². The minimum absolute atomic E-state index is 0.0109. The summed E-state index contributed by atoms with van der Waals surface area (Å²) in [7, 11) is -3.45. The van der Waals surface area contributed by atoms with Gasteiger partial charge in [-0.15, -0.1) is 0 Å². The number of nitrogens with one attached hydrogen (secondary N) is 1. The molecule has 1 N–H and O–H groups in total. The van der Waals surface area contributed by atoms with E-state index in [1.54, 1.807) is 12.1 Å². The standard InChI is InChI=1S/C20H31N3O3S/c1-17-7-9-19(10-8-17)27(25,26)23-15-11-18(12-16-23)21-20(24)22-13-5-3-2-4-6-14-22/h7-10,18H,2-6,11-16H2,1H3,(H,21,24). The Kier molecular flexibility index (Phi) is 6.76. The summed E-state index contributed by atoms with van der Waals surface area (Å²) < 4.78 is 27.1. The zero-order chi connectivity index (χ0) is 19.3. The van der Waals surface area contributed by atoms with E-state index < -0.39 is 10.0 Å². The number of carbonyl (C=O) groups excluding carboxylic acids is 1. The lowest BCUT2D eigenvalue weighted by atomic mass is 10.1. The maximum absolute atomic E-state index is 12.8. The molecule has 2 heterocycles. The summed E-state index contributed by atoms with van der Waals surface area (Å²) in [5.41, 5.74) is 1.04. The molecule has 6 nitrogen and oxygen atoms in total. The maximum Gasteiger partial charge on any atom is 0.317 e. The van der Waals surface area contributed by atoms with Gasteiger partial charge < -0.3 is 10.2 Å². The summed E-state index contributed by atoms with van der Waals surface area (Å²) in [6.45, 7) is 4.48. The van der Waals surface area contributed by atoms with Gasteiger partial charge in [-0.3, -0.25) is 0 Å². The van der Waals surface area contributed by atoms with Gasteiger partial charge in [0.1, 0.15) is 0 Å². The summed E-state index contributed by atoms with van der Waals surface area (Å²) >= 11 is 0. The number of nitrogens with zero attached hydrogens (tertiary/aromatic N) is 2. The molecule has 0 radical (unpaired) electrons. The average molecular weight is 394 g/mol. The van der Waals surface area contributed by atoms with Crippen molar-refractivity contribution >= 4 is 16.1 Å². The Hall–Kier alpha value is -1.60. The molecule has 0 bridgehead atoms. The molecule has 3 rings (SSSR count). The highest BCUT2D eigenvalue weighted by Crippen LogP contribution is 2.21. The Morgan fingerprint density at radius 2 is 1.48 bits per heavy atom. The first-order valence-corrected chi connectivity index (χ1v) is 11.5. The first-order chi connectivity index (χ1) is 13.0. The fraction of sp³-hybridized carbons (Fsp3) is 0.650. The van der Waals surface area contributed by atoms with E-state index in [0.29, 0.717) is 30.8 Å². The van der Waals surface area contributed by atoms with Crippen LogP contribution in [0.15, 0.2) is 29.2 Å². The molecule has 2 fully saturated rings. The van der Waals surface area contributed by atoms with E-state index in [9.17, 15) is 13.2 Å². The van der Waals surface area contributed by atoms with Crippen LogP contribution in [0, 0.1) is 6.92 Å². The number of hydrogen-bond donors (Lipinski definition) is 1. The van der Waals surface area contributed by atoms with Crippen LogP contribution < -0.4 is 5.32 Å². The zero-order valence-corrected chi connectivity index (χ0v) is 17.0. The van der Waals surface area contributed by atoms with Gasteiger partial charge in [0.2, 0.25) is 10.0 Å². The first kappa shape index (κ1) is 20.1. The molecule has 0 saturated carbocycles. The van der Waals surface area contributed by atoms with E-state index in [4.69, 9.17) is 0 Å². The molecule has 7 heteroatoms. The quantitative estimate of drug-likeness (QED) is 0.858. The minimum atomic E-state index is -3.45. The Labute approximate surface area is 163 Å². The van der Waals surface area contributed by atoms with Crippen LogP contribution in [0.2, 0.25) is 0 Å². The van der Waals surface area contributed by atoms with Gasteiger partial charge >= 0.3 is 6.03 Å². The molecule has 1 aromatic carbocycles. The smallest absolute Gasteiger partial charge is 0.317 e. The first-order valence-electron chi connectivity index (χ1n) is 10.1. The number of aryl methyl sites for hydroxylation is 1. The van der Waals surface area contributed by atoms with Gasteiger partial charge in [-0.05, 0) is 44.7 Å². The Balaban J connectivity index is 1.52. The number of likely N-dealkylation sites (tertiary alicyclic amines) is 1. The molecule has 1 aromatic rings. The van der Waals surface area contributed by atoms with Crippen LogP contribution in [0.1, 0.15) is 50.5 Å².